The van der Waals surface area contributed by atoms with Gasteiger partial charge in [0, 0.05) is 16.4 Å². The van der Waals surface area contributed by atoms with Crippen LogP contribution in [0.2, 0.25) is 0 Å². The van der Waals surface area contributed by atoms with Gasteiger partial charge in [0.1, 0.15) is 0 Å². The smallest absolute Gasteiger partial charge is 0.313 e. The monoisotopic (exact) mass is 326 g/mol. The second-order valence-electron chi connectivity index (χ2n) is 3.65. The van der Waals surface area contributed by atoms with Crippen molar-refractivity contribution in [2.24, 2.45) is 0 Å². The number of carbonyl (C=O) groups is 1. The van der Waals surface area contributed by atoms with Crippen LogP contribution in [0, 0.1) is 6.92 Å². The average Bonchev–Trinajstić information content (AvgIpc) is 2.69. The quantitative estimate of drug-likeness (QED) is 0.877. The van der Waals surface area contributed by atoms with E-state index in [-0.39, 0.29) is 5.75 Å². The second-order valence-corrected chi connectivity index (χ2v) is 5.45. The summed E-state index contributed by atoms with van der Waals surface area (Å²) < 4.78 is 2.89. The van der Waals surface area contributed by atoms with E-state index in [0.717, 1.165) is 15.9 Å². The van der Waals surface area contributed by atoms with Crippen LogP contribution in [0.5, 0.6) is 0 Å². The molecule has 0 fully saturated rings. The van der Waals surface area contributed by atoms with Crippen molar-refractivity contribution < 1.29 is 9.90 Å². The topological polar surface area (TPSA) is 55.1 Å². The van der Waals surface area contributed by atoms with Gasteiger partial charge in [0.05, 0.1) is 11.4 Å². The van der Waals surface area contributed by atoms with E-state index in [1.54, 1.807) is 6.20 Å². The first-order chi connectivity index (χ1) is 8.59. The van der Waals surface area contributed by atoms with Crippen LogP contribution in [0.1, 0.15) is 5.69 Å². The number of para-hydroxylation sites is 1. The third-order valence-electron chi connectivity index (χ3n) is 2.32. The Labute approximate surface area is 117 Å². The number of nitrogens with zero attached hydrogens (tertiary/aromatic N) is 2. The average molecular weight is 327 g/mol. The molecule has 0 spiro atoms. The molecule has 1 N–H and O–H groups in total. The Morgan fingerprint density at radius 1 is 1.50 bits per heavy atom. The van der Waals surface area contributed by atoms with Crippen LogP contribution >= 0.6 is 27.7 Å². The number of rotatable bonds is 4. The minimum atomic E-state index is -0.848. The summed E-state index contributed by atoms with van der Waals surface area (Å²) in [6.07, 6.45) is 1.74. The molecular formula is C12H11BrN2O2S. The minimum absolute atomic E-state index is 0.000899. The summed E-state index contributed by atoms with van der Waals surface area (Å²) in [4.78, 5) is 14.9. The van der Waals surface area contributed by atoms with Crippen LogP contribution in [-0.2, 0) is 4.79 Å². The SMILES string of the molecule is Cc1cnc(SCC(=O)O)n1-c1ccccc1Br. The predicted octanol–water partition coefficient (Wildman–Crippen LogP) is 3.12. The summed E-state index contributed by atoms with van der Waals surface area (Å²) in [5, 5.41) is 9.41. The highest BCUT2D eigenvalue weighted by Crippen LogP contribution is 2.27. The Kier molecular flexibility index (Phi) is 4.08. The highest BCUT2D eigenvalue weighted by molar-refractivity contribution is 9.10. The molecule has 2 aromatic rings. The minimum Gasteiger partial charge on any atom is -0.481 e. The first kappa shape index (κ1) is 13.2. The van der Waals surface area contributed by atoms with E-state index < -0.39 is 5.97 Å². The van der Waals surface area contributed by atoms with E-state index in [0.29, 0.717) is 5.16 Å². The molecular weight excluding hydrogens is 316 g/mol. The molecule has 0 atom stereocenters. The van der Waals surface area contributed by atoms with Crippen molar-refractivity contribution in [3.63, 3.8) is 0 Å². The van der Waals surface area contributed by atoms with Crippen molar-refractivity contribution in [1.29, 1.82) is 0 Å². The molecule has 4 nitrogen and oxygen atoms in total. The van der Waals surface area contributed by atoms with Crippen LogP contribution in [-0.4, -0.2) is 26.4 Å². The number of carboxylic acids is 1. The zero-order chi connectivity index (χ0) is 13.1. The van der Waals surface area contributed by atoms with Crippen molar-refractivity contribution in [2.75, 3.05) is 5.75 Å². The van der Waals surface area contributed by atoms with E-state index in [1.165, 1.54) is 11.8 Å². The first-order valence-corrected chi connectivity index (χ1v) is 7.01. The van der Waals surface area contributed by atoms with Gasteiger partial charge in [0.2, 0.25) is 0 Å². The second kappa shape index (κ2) is 5.58. The highest BCUT2D eigenvalue weighted by Gasteiger charge is 2.12. The summed E-state index contributed by atoms with van der Waals surface area (Å²) in [7, 11) is 0. The van der Waals surface area contributed by atoms with Gasteiger partial charge in [-0.15, -0.1) is 0 Å². The molecule has 1 aromatic heterocycles. The molecule has 0 aliphatic heterocycles. The molecule has 6 heteroatoms. The maximum absolute atomic E-state index is 10.6. The molecule has 18 heavy (non-hydrogen) atoms. The number of aliphatic carboxylic acids is 1. The van der Waals surface area contributed by atoms with Crippen molar-refractivity contribution >= 4 is 33.7 Å². The number of imidazole rings is 1. The maximum Gasteiger partial charge on any atom is 0.313 e. The summed E-state index contributed by atoms with van der Waals surface area (Å²) in [5.41, 5.74) is 1.93. The van der Waals surface area contributed by atoms with Gasteiger partial charge in [-0.05, 0) is 35.0 Å². The molecule has 0 bridgehead atoms. The van der Waals surface area contributed by atoms with Crippen molar-refractivity contribution in [2.45, 2.75) is 12.1 Å². The summed E-state index contributed by atoms with van der Waals surface area (Å²) in [6, 6.07) is 7.78. The lowest BCUT2D eigenvalue weighted by molar-refractivity contribution is -0.133. The predicted molar refractivity (Wildman–Crippen MR) is 74.4 cm³/mol. The zero-order valence-electron chi connectivity index (χ0n) is 9.63. The van der Waals surface area contributed by atoms with Crippen LogP contribution in [0.15, 0.2) is 40.1 Å². The first-order valence-electron chi connectivity index (χ1n) is 5.23. The molecule has 0 unspecified atom stereocenters. The van der Waals surface area contributed by atoms with Crippen LogP contribution in [0.4, 0.5) is 0 Å². The van der Waals surface area contributed by atoms with Gasteiger partial charge >= 0.3 is 5.97 Å². The van der Waals surface area contributed by atoms with E-state index in [9.17, 15) is 4.79 Å². The fourth-order valence-corrected chi connectivity index (χ4v) is 2.78. The highest BCUT2D eigenvalue weighted by atomic mass is 79.9. The normalized spacial score (nSPS) is 10.6. The number of carboxylic acid groups (broad SMARTS) is 1. The standard InChI is InChI=1S/C12H11BrN2O2S/c1-8-6-14-12(18-7-11(16)17)15(8)10-5-3-2-4-9(10)13/h2-6H,7H2,1H3,(H,16,17). The van der Waals surface area contributed by atoms with Gasteiger partial charge in [0.25, 0.3) is 0 Å². The number of aryl methyl sites for hydroxylation is 1. The molecule has 0 radical (unpaired) electrons. The molecule has 2 rings (SSSR count). The van der Waals surface area contributed by atoms with E-state index in [4.69, 9.17) is 5.11 Å². The molecule has 1 heterocycles. The number of hydrogen-bond donors (Lipinski definition) is 1. The fraction of sp³-hybridized carbons (Fsp3) is 0.167. The van der Waals surface area contributed by atoms with Gasteiger partial charge in [-0.1, -0.05) is 23.9 Å². The van der Waals surface area contributed by atoms with Crippen molar-refractivity contribution in [1.82, 2.24) is 9.55 Å². The Hall–Kier alpha value is -1.27. The van der Waals surface area contributed by atoms with Crippen LogP contribution in [0.3, 0.4) is 0 Å². The molecule has 0 aliphatic rings. The molecule has 0 aliphatic carbocycles. The Bertz CT molecular complexity index is 583. The third kappa shape index (κ3) is 2.76. The fourth-order valence-electron chi connectivity index (χ4n) is 1.57. The molecule has 94 valence electrons. The Morgan fingerprint density at radius 3 is 2.89 bits per heavy atom. The molecule has 1 aromatic carbocycles. The van der Waals surface area contributed by atoms with E-state index >= 15 is 0 Å². The lowest BCUT2D eigenvalue weighted by Crippen LogP contribution is -2.03. The lowest BCUT2D eigenvalue weighted by atomic mass is 10.3. The van der Waals surface area contributed by atoms with Crippen molar-refractivity contribution in [3.05, 3.63) is 40.6 Å². The Morgan fingerprint density at radius 2 is 2.22 bits per heavy atom. The number of aromatic nitrogens is 2. The maximum atomic E-state index is 10.6. The van der Waals surface area contributed by atoms with Crippen LogP contribution in [0.25, 0.3) is 5.69 Å². The number of benzene rings is 1. The van der Waals surface area contributed by atoms with E-state index in [1.807, 2.05) is 35.8 Å². The van der Waals surface area contributed by atoms with Gasteiger partial charge in [-0.2, -0.15) is 0 Å². The van der Waals surface area contributed by atoms with E-state index in [2.05, 4.69) is 20.9 Å². The van der Waals surface area contributed by atoms with Gasteiger partial charge < -0.3 is 5.11 Å². The largest absolute Gasteiger partial charge is 0.481 e. The number of halogens is 1. The number of hydrogen-bond acceptors (Lipinski definition) is 3. The lowest BCUT2D eigenvalue weighted by Gasteiger charge is -2.10. The summed E-state index contributed by atoms with van der Waals surface area (Å²) in [6.45, 7) is 1.94. The van der Waals surface area contributed by atoms with Gasteiger partial charge in [-0.25, -0.2) is 4.98 Å². The molecule has 0 saturated carbocycles. The van der Waals surface area contributed by atoms with Gasteiger partial charge in [-0.3, -0.25) is 9.36 Å². The summed E-state index contributed by atoms with van der Waals surface area (Å²) in [5.74, 6) is -0.847. The Balaban J connectivity index is 2.41. The van der Waals surface area contributed by atoms with Gasteiger partial charge in [0.15, 0.2) is 5.16 Å². The zero-order valence-corrected chi connectivity index (χ0v) is 12.0. The molecule has 0 saturated heterocycles. The third-order valence-corrected chi connectivity index (χ3v) is 3.93. The van der Waals surface area contributed by atoms with Crippen molar-refractivity contribution in [3.8, 4) is 5.69 Å². The number of thioether (sulfide) groups is 1. The summed E-state index contributed by atoms with van der Waals surface area (Å²) >= 11 is 4.70. The van der Waals surface area contributed by atoms with Crippen LogP contribution < -0.4 is 0 Å². The molecule has 0 amide bonds.